The Morgan fingerprint density at radius 2 is 1.24 bits per heavy atom. The van der Waals surface area contributed by atoms with E-state index >= 15 is 0 Å². The molecule has 0 radical (unpaired) electrons. The van der Waals surface area contributed by atoms with Crippen molar-refractivity contribution in [1.29, 1.82) is 0 Å². The van der Waals surface area contributed by atoms with Gasteiger partial charge in [0.25, 0.3) is 17.6 Å². The van der Waals surface area contributed by atoms with Crippen molar-refractivity contribution in [1.82, 2.24) is 21.3 Å². The summed E-state index contributed by atoms with van der Waals surface area (Å²) >= 11 is 0. The molecule has 41 heavy (non-hydrogen) atoms. The Kier molecular flexibility index (Phi) is 11.6. The van der Waals surface area contributed by atoms with Crippen LogP contribution in [0.5, 0.6) is 0 Å². The Labute approximate surface area is 239 Å². The number of benzene rings is 3. The molecule has 216 valence electrons. The molecule has 0 fully saturated rings. The molecule has 10 nitrogen and oxygen atoms in total. The van der Waals surface area contributed by atoms with E-state index in [4.69, 9.17) is 9.47 Å². The fourth-order valence-electron chi connectivity index (χ4n) is 4.03. The van der Waals surface area contributed by atoms with Crippen LogP contribution in [-0.4, -0.2) is 62.3 Å². The third kappa shape index (κ3) is 8.99. The van der Waals surface area contributed by atoms with Crippen molar-refractivity contribution in [2.75, 3.05) is 20.8 Å². The number of ether oxygens (including phenoxy) is 2. The van der Waals surface area contributed by atoms with Gasteiger partial charge in [-0.15, -0.1) is 0 Å². The van der Waals surface area contributed by atoms with Crippen LogP contribution in [0.2, 0.25) is 0 Å². The normalized spacial score (nSPS) is 12.5. The molecule has 0 bridgehead atoms. The third-order valence-corrected chi connectivity index (χ3v) is 6.49. The average molecular weight is 561 g/mol. The molecule has 0 unspecified atom stereocenters. The highest BCUT2D eigenvalue weighted by atomic mass is 16.7. The second-order valence-electron chi connectivity index (χ2n) is 9.36. The van der Waals surface area contributed by atoms with Gasteiger partial charge in [0.05, 0.1) is 6.54 Å². The second-order valence-corrected chi connectivity index (χ2v) is 9.36. The molecule has 0 saturated carbocycles. The van der Waals surface area contributed by atoms with Gasteiger partial charge in [0.2, 0.25) is 11.8 Å². The zero-order chi connectivity index (χ0) is 29.7. The standard InChI is InChI=1S/C31H36N4O6/c1-22(27(36)33-21-31(40-2,41-3)30(39)32-20-24-15-9-5-10-16-24)34-29(38)26(19-23-13-7-4-8-14-23)35-28(37)25-17-11-6-12-18-25/h4-18,22,26H,19-21H2,1-3H3,(H,32,39)(H,33,36)(H,34,38)(H,35,37)/t22-,26-/m0/s1. The third-order valence-electron chi connectivity index (χ3n) is 6.49. The minimum Gasteiger partial charge on any atom is -0.348 e. The summed E-state index contributed by atoms with van der Waals surface area (Å²) in [4.78, 5) is 51.9. The molecular formula is C31H36N4O6. The molecule has 3 rings (SSSR count). The van der Waals surface area contributed by atoms with Crippen LogP contribution in [0.4, 0.5) is 0 Å². The maximum absolute atomic E-state index is 13.3. The highest BCUT2D eigenvalue weighted by Crippen LogP contribution is 2.12. The lowest BCUT2D eigenvalue weighted by atomic mass is 10.0. The lowest BCUT2D eigenvalue weighted by Crippen LogP contribution is -2.59. The van der Waals surface area contributed by atoms with Gasteiger partial charge in [0.1, 0.15) is 12.1 Å². The smallest absolute Gasteiger partial charge is 0.282 e. The molecule has 0 heterocycles. The monoisotopic (exact) mass is 560 g/mol. The minimum atomic E-state index is -1.78. The Morgan fingerprint density at radius 1 is 0.707 bits per heavy atom. The van der Waals surface area contributed by atoms with E-state index in [-0.39, 0.29) is 19.5 Å². The molecule has 0 aliphatic carbocycles. The predicted molar refractivity (Wildman–Crippen MR) is 153 cm³/mol. The first-order valence-corrected chi connectivity index (χ1v) is 13.2. The molecule has 10 heteroatoms. The lowest BCUT2D eigenvalue weighted by molar-refractivity contribution is -0.207. The van der Waals surface area contributed by atoms with Crippen LogP contribution in [-0.2, 0) is 36.8 Å². The average Bonchev–Trinajstić information content (AvgIpc) is 3.01. The first kappa shape index (κ1) is 31.0. The molecular weight excluding hydrogens is 524 g/mol. The van der Waals surface area contributed by atoms with Gasteiger partial charge in [-0.25, -0.2) is 0 Å². The largest absolute Gasteiger partial charge is 0.348 e. The van der Waals surface area contributed by atoms with E-state index in [2.05, 4.69) is 21.3 Å². The van der Waals surface area contributed by atoms with E-state index in [1.165, 1.54) is 21.1 Å². The summed E-state index contributed by atoms with van der Waals surface area (Å²) in [5, 5.41) is 10.8. The van der Waals surface area contributed by atoms with Crippen molar-refractivity contribution in [3.8, 4) is 0 Å². The van der Waals surface area contributed by atoms with Crippen LogP contribution in [0.25, 0.3) is 0 Å². The summed E-state index contributed by atoms with van der Waals surface area (Å²) in [7, 11) is 2.60. The molecule has 4 N–H and O–H groups in total. The van der Waals surface area contributed by atoms with Gasteiger partial charge < -0.3 is 30.7 Å². The van der Waals surface area contributed by atoms with E-state index in [0.29, 0.717) is 5.56 Å². The molecule has 0 spiro atoms. The summed E-state index contributed by atoms with van der Waals surface area (Å²) in [5.41, 5.74) is 2.13. The number of carbonyl (C=O) groups is 4. The number of methoxy groups -OCH3 is 2. The topological polar surface area (TPSA) is 135 Å². The van der Waals surface area contributed by atoms with Gasteiger partial charge in [-0.05, 0) is 30.2 Å². The highest BCUT2D eigenvalue weighted by molar-refractivity contribution is 5.98. The number of nitrogens with one attached hydrogen (secondary N) is 4. The van der Waals surface area contributed by atoms with Crippen molar-refractivity contribution in [2.24, 2.45) is 0 Å². The van der Waals surface area contributed by atoms with Crippen molar-refractivity contribution < 1.29 is 28.7 Å². The molecule has 0 saturated heterocycles. The van der Waals surface area contributed by atoms with Gasteiger partial charge in [0, 0.05) is 32.7 Å². The van der Waals surface area contributed by atoms with Crippen molar-refractivity contribution >= 4 is 23.6 Å². The van der Waals surface area contributed by atoms with E-state index in [0.717, 1.165) is 11.1 Å². The fraction of sp³-hybridized carbons (Fsp3) is 0.290. The Bertz CT molecular complexity index is 1280. The maximum atomic E-state index is 13.3. The van der Waals surface area contributed by atoms with E-state index in [1.54, 1.807) is 30.3 Å². The lowest BCUT2D eigenvalue weighted by Gasteiger charge is -2.30. The predicted octanol–water partition coefficient (Wildman–Crippen LogP) is 1.95. The first-order chi connectivity index (χ1) is 19.8. The maximum Gasteiger partial charge on any atom is 0.282 e. The number of carbonyl (C=O) groups excluding carboxylic acids is 4. The zero-order valence-electron chi connectivity index (χ0n) is 23.4. The van der Waals surface area contributed by atoms with E-state index < -0.39 is 41.5 Å². The zero-order valence-corrected chi connectivity index (χ0v) is 23.4. The number of hydrogen-bond acceptors (Lipinski definition) is 6. The SMILES string of the molecule is COC(CNC(=O)[C@H](C)NC(=O)[C@H](Cc1ccccc1)NC(=O)c1ccccc1)(OC)C(=O)NCc1ccccc1. The van der Waals surface area contributed by atoms with Crippen molar-refractivity contribution in [3.05, 3.63) is 108 Å². The van der Waals surface area contributed by atoms with Crippen LogP contribution >= 0.6 is 0 Å². The number of hydrogen-bond donors (Lipinski definition) is 4. The minimum absolute atomic E-state index is 0.220. The first-order valence-electron chi connectivity index (χ1n) is 13.2. The molecule has 4 amide bonds. The van der Waals surface area contributed by atoms with Crippen molar-refractivity contribution in [3.63, 3.8) is 0 Å². The molecule has 3 aromatic rings. The van der Waals surface area contributed by atoms with Gasteiger partial charge in [-0.1, -0.05) is 78.9 Å². The summed E-state index contributed by atoms with van der Waals surface area (Å²) in [6, 6.07) is 25.2. The van der Waals surface area contributed by atoms with Crippen LogP contribution in [0.3, 0.4) is 0 Å². The van der Waals surface area contributed by atoms with Crippen LogP contribution in [0, 0.1) is 0 Å². The Balaban J connectivity index is 1.62. The summed E-state index contributed by atoms with van der Waals surface area (Å²) < 4.78 is 10.7. The molecule has 3 aromatic carbocycles. The number of amides is 4. The van der Waals surface area contributed by atoms with E-state index in [1.807, 2.05) is 60.7 Å². The van der Waals surface area contributed by atoms with Crippen molar-refractivity contribution in [2.45, 2.75) is 37.8 Å². The van der Waals surface area contributed by atoms with Crippen LogP contribution in [0.15, 0.2) is 91.0 Å². The van der Waals surface area contributed by atoms with Gasteiger partial charge in [-0.3, -0.25) is 19.2 Å². The molecule has 0 aliphatic rings. The number of rotatable bonds is 14. The summed E-state index contributed by atoms with van der Waals surface area (Å²) in [5.74, 6) is -3.87. The van der Waals surface area contributed by atoms with Gasteiger partial charge >= 0.3 is 0 Å². The molecule has 0 aliphatic heterocycles. The van der Waals surface area contributed by atoms with E-state index in [9.17, 15) is 19.2 Å². The second kappa shape index (κ2) is 15.3. The van der Waals surface area contributed by atoms with Crippen LogP contribution < -0.4 is 21.3 Å². The highest BCUT2D eigenvalue weighted by Gasteiger charge is 2.40. The fourth-order valence-corrected chi connectivity index (χ4v) is 4.03. The molecule has 2 atom stereocenters. The Morgan fingerprint density at radius 3 is 1.80 bits per heavy atom. The van der Waals surface area contributed by atoms with Crippen LogP contribution in [0.1, 0.15) is 28.4 Å². The van der Waals surface area contributed by atoms with Gasteiger partial charge in [-0.2, -0.15) is 0 Å². The quantitative estimate of drug-likeness (QED) is 0.223. The molecule has 0 aromatic heterocycles. The Hall–Kier alpha value is -4.54. The summed E-state index contributed by atoms with van der Waals surface area (Å²) in [6.07, 6.45) is 0.220. The van der Waals surface area contributed by atoms with Gasteiger partial charge in [0.15, 0.2) is 0 Å². The summed E-state index contributed by atoms with van der Waals surface area (Å²) in [6.45, 7) is 1.44.